The molecule has 2 saturated heterocycles. The van der Waals surface area contributed by atoms with Crippen LogP contribution >= 0.6 is 8.53 Å². The molecule has 0 radical (unpaired) electrons. The molecule has 55 heavy (non-hydrogen) atoms. The summed E-state index contributed by atoms with van der Waals surface area (Å²) in [7, 11) is 1.48. The van der Waals surface area contributed by atoms with Crippen LogP contribution in [0.4, 0.5) is 0 Å². The first-order valence-corrected chi connectivity index (χ1v) is 19.5. The lowest BCUT2D eigenvalue weighted by molar-refractivity contribution is -0.203. The van der Waals surface area contributed by atoms with E-state index in [0.29, 0.717) is 17.1 Å². The number of aromatic amines is 1. The SMILES string of the molecule is COc1ccc(C(OC[C@@]23CO[C@@H]([C@H](n4cc(C)c(=O)[nH]c4=O)O2)[C@@H]3OP(OCCC#N)N(C(C)C)C(C)C)(c2ccccc2)c2ccc(OC)cc2)cc1. The second kappa shape index (κ2) is 17.2. The average molecular weight is 773 g/mol. The van der Waals surface area contributed by atoms with Gasteiger partial charge >= 0.3 is 5.69 Å². The van der Waals surface area contributed by atoms with E-state index in [0.717, 1.165) is 16.7 Å². The monoisotopic (exact) mass is 772 g/mol. The number of nitriles is 1. The number of methoxy groups -OCH3 is 2. The molecule has 2 bridgehead atoms. The van der Waals surface area contributed by atoms with Crippen LogP contribution in [0.3, 0.4) is 0 Å². The Balaban J connectivity index is 1.49. The highest BCUT2D eigenvalue weighted by Gasteiger charge is 2.65. The van der Waals surface area contributed by atoms with Gasteiger partial charge in [0, 0.05) is 23.8 Å². The number of rotatable bonds is 17. The highest BCUT2D eigenvalue weighted by Crippen LogP contribution is 2.56. The van der Waals surface area contributed by atoms with Crippen LogP contribution in [0.5, 0.6) is 11.5 Å². The predicted octanol–water partition coefficient (Wildman–Crippen LogP) is 6.20. The number of ether oxygens (including phenoxy) is 5. The van der Waals surface area contributed by atoms with Gasteiger partial charge in [0.05, 0.1) is 46.5 Å². The predicted molar refractivity (Wildman–Crippen MR) is 207 cm³/mol. The van der Waals surface area contributed by atoms with Crippen LogP contribution in [0.15, 0.2) is 94.6 Å². The summed E-state index contributed by atoms with van der Waals surface area (Å²) in [6, 6.07) is 27.6. The summed E-state index contributed by atoms with van der Waals surface area (Å²) in [5.41, 5.74) is -0.751. The number of hydrogen-bond acceptors (Lipinski definition) is 11. The molecule has 1 unspecified atom stereocenters. The molecule has 2 aliphatic rings. The molecule has 6 rings (SSSR count). The quantitative estimate of drug-likeness (QED) is 0.0744. The van der Waals surface area contributed by atoms with Gasteiger partial charge in [0.1, 0.15) is 34.9 Å². The summed E-state index contributed by atoms with van der Waals surface area (Å²) in [5, 5.41) is 9.37. The Labute approximate surface area is 322 Å². The van der Waals surface area contributed by atoms with E-state index < -0.39 is 49.4 Å². The number of hydrogen-bond donors (Lipinski definition) is 1. The Hall–Kier alpha value is -4.38. The van der Waals surface area contributed by atoms with Crippen molar-refractivity contribution in [3.8, 4) is 17.6 Å². The van der Waals surface area contributed by atoms with Crippen molar-refractivity contribution in [1.29, 1.82) is 5.26 Å². The van der Waals surface area contributed by atoms with E-state index in [4.69, 9.17) is 32.7 Å². The number of nitrogens with zero attached hydrogens (tertiary/aromatic N) is 3. The van der Waals surface area contributed by atoms with Gasteiger partial charge in [-0.25, -0.2) is 9.46 Å². The molecule has 3 aromatic carbocycles. The topological polar surface area (TPSA) is 147 Å². The van der Waals surface area contributed by atoms with Gasteiger partial charge in [0.15, 0.2) is 6.23 Å². The van der Waals surface area contributed by atoms with Crippen molar-refractivity contribution >= 4 is 8.53 Å². The van der Waals surface area contributed by atoms with E-state index in [1.165, 1.54) is 10.8 Å². The van der Waals surface area contributed by atoms with Gasteiger partial charge < -0.3 is 32.7 Å². The fourth-order valence-corrected chi connectivity index (χ4v) is 9.16. The molecule has 0 spiro atoms. The summed E-state index contributed by atoms with van der Waals surface area (Å²) < 4.78 is 48.7. The van der Waals surface area contributed by atoms with Crippen LogP contribution in [-0.4, -0.2) is 78.2 Å². The minimum Gasteiger partial charge on any atom is -0.497 e. The van der Waals surface area contributed by atoms with Crippen molar-refractivity contribution in [2.24, 2.45) is 0 Å². The molecule has 292 valence electrons. The summed E-state index contributed by atoms with van der Waals surface area (Å²) >= 11 is 0. The smallest absolute Gasteiger partial charge is 0.330 e. The standard InChI is InChI=1S/C41H49N4O9P/c1-27(2)45(28(3)4)55(52-23-11-22-42)54-36-35-38(44-24-29(5)37(46)43-39(44)47)53-40(36,25-50-35)26-51-41(30-12-9-8-10-13-30,31-14-18-33(48-6)19-15-31)32-16-20-34(49-7)21-17-32/h8-10,12-21,24,27-28,35-36,38H,11,23,25-26H2,1-7H3,(H,43,46,47)/t35-,36+,38-,40-,55?/m1/s1. The molecule has 3 heterocycles. The highest BCUT2D eigenvalue weighted by atomic mass is 31.2. The Morgan fingerprint density at radius 1 is 0.945 bits per heavy atom. The second-order valence-electron chi connectivity index (χ2n) is 14.2. The lowest BCUT2D eigenvalue weighted by atomic mass is 9.79. The van der Waals surface area contributed by atoms with Crippen LogP contribution in [0, 0.1) is 18.3 Å². The van der Waals surface area contributed by atoms with Crippen molar-refractivity contribution in [2.45, 2.75) is 82.8 Å². The Morgan fingerprint density at radius 3 is 2.07 bits per heavy atom. The van der Waals surface area contributed by atoms with Crippen molar-refractivity contribution in [2.75, 3.05) is 34.0 Å². The minimum atomic E-state index is -1.77. The van der Waals surface area contributed by atoms with Crippen molar-refractivity contribution in [3.05, 3.63) is 128 Å². The maximum absolute atomic E-state index is 13.3. The second-order valence-corrected chi connectivity index (χ2v) is 15.6. The van der Waals surface area contributed by atoms with Gasteiger partial charge in [0.2, 0.25) is 0 Å². The molecule has 0 aliphatic carbocycles. The molecule has 0 saturated carbocycles. The fraction of sp³-hybridized carbons (Fsp3) is 0.439. The number of benzene rings is 3. The number of fused-ring (bicyclic) bond motifs is 2. The number of aromatic nitrogens is 2. The zero-order valence-electron chi connectivity index (χ0n) is 32.3. The molecular weight excluding hydrogens is 723 g/mol. The normalized spacial score (nSPS) is 21.3. The molecular formula is C41H49N4O9P. The third kappa shape index (κ3) is 8.00. The van der Waals surface area contributed by atoms with Gasteiger partial charge in [0.25, 0.3) is 14.1 Å². The maximum atomic E-state index is 13.3. The zero-order valence-corrected chi connectivity index (χ0v) is 33.2. The molecule has 14 heteroatoms. The average Bonchev–Trinajstić information content (AvgIpc) is 3.68. The lowest BCUT2D eigenvalue weighted by Crippen LogP contribution is -2.49. The lowest BCUT2D eigenvalue weighted by Gasteiger charge is -2.41. The van der Waals surface area contributed by atoms with Gasteiger partial charge in [-0.05, 0) is 75.6 Å². The van der Waals surface area contributed by atoms with E-state index in [1.807, 2.05) is 78.9 Å². The van der Waals surface area contributed by atoms with Crippen molar-refractivity contribution < 1.29 is 32.7 Å². The number of aryl methyl sites for hydroxylation is 1. The van der Waals surface area contributed by atoms with Gasteiger partial charge in [-0.2, -0.15) is 5.26 Å². The zero-order chi connectivity index (χ0) is 39.3. The Morgan fingerprint density at radius 2 is 1.53 bits per heavy atom. The van der Waals surface area contributed by atoms with E-state index in [2.05, 4.69) is 43.4 Å². The number of nitrogens with one attached hydrogen (secondary N) is 1. The van der Waals surface area contributed by atoms with E-state index in [-0.39, 0.29) is 38.3 Å². The van der Waals surface area contributed by atoms with Crippen LogP contribution in [0.2, 0.25) is 0 Å². The third-order valence-electron chi connectivity index (χ3n) is 9.97. The first-order chi connectivity index (χ1) is 26.5. The first kappa shape index (κ1) is 40.3. The van der Waals surface area contributed by atoms with Crippen molar-refractivity contribution in [3.63, 3.8) is 0 Å². The Bertz CT molecular complexity index is 1990. The largest absolute Gasteiger partial charge is 0.497 e. The minimum absolute atomic E-state index is 0.0254. The van der Waals surface area contributed by atoms with E-state index >= 15 is 0 Å². The molecule has 4 aromatic rings. The fourth-order valence-electron chi connectivity index (χ4n) is 7.35. The van der Waals surface area contributed by atoms with Gasteiger partial charge in [-0.3, -0.25) is 14.3 Å². The third-order valence-corrected chi connectivity index (χ3v) is 12.1. The molecule has 5 atom stereocenters. The van der Waals surface area contributed by atoms with Crippen LogP contribution in [0.25, 0.3) is 0 Å². The summed E-state index contributed by atoms with van der Waals surface area (Å²) in [5.74, 6) is 1.38. The molecule has 1 aromatic heterocycles. The molecule has 13 nitrogen and oxygen atoms in total. The maximum Gasteiger partial charge on any atom is 0.330 e. The van der Waals surface area contributed by atoms with Crippen LogP contribution in [-0.2, 0) is 28.9 Å². The molecule has 1 N–H and O–H groups in total. The van der Waals surface area contributed by atoms with Gasteiger partial charge in [-0.15, -0.1) is 0 Å². The summed E-state index contributed by atoms with van der Waals surface area (Å²) in [4.78, 5) is 28.2. The molecule has 0 amide bonds. The van der Waals surface area contributed by atoms with E-state index in [9.17, 15) is 14.9 Å². The Kier molecular flexibility index (Phi) is 12.6. The first-order valence-electron chi connectivity index (χ1n) is 18.3. The molecule has 2 fully saturated rings. The van der Waals surface area contributed by atoms with Crippen molar-refractivity contribution in [1.82, 2.24) is 14.2 Å². The summed E-state index contributed by atoms with van der Waals surface area (Å²) in [6.07, 6.45) is -0.901. The van der Waals surface area contributed by atoms with Crippen LogP contribution < -0.4 is 20.7 Å². The molecule has 2 aliphatic heterocycles. The highest BCUT2D eigenvalue weighted by molar-refractivity contribution is 7.44. The number of H-pyrrole nitrogens is 1. The summed E-state index contributed by atoms with van der Waals surface area (Å²) in [6.45, 7) is 10.1. The van der Waals surface area contributed by atoms with Gasteiger partial charge in [-0.1, -0.05) is 54.6 Å². The van der Waals surface area contributed by atoms with Crippen LogP contribution in [0.1, 0.15) is 62.6 Å². The van der Waals surface area contributed by atoms with E-state index in [1.54, 1.807) is 21.1 Å².